The molecule has 3 aromatic heterocycles. The molecule has 5 heterocycles. The molecule has 0 aromatic carbocycles. The third kappa shape index (κ3) is 4.73. The number of hydrogen-bond donors (Lipinski definition) is 1. The second kappa shape index (κ2) is 9.81. The number of amides is 2. The van der Waals surface area contributed by atoms with E-state index in [1.165, 1.54) is 12.4 Å². The number of alkyl halides is 1. The van der Waals surface area contributed by atoms with Gasteiger partial charge in [0.25, 0.3) is 0 Å². The summed E-state index contributed by atoms with van der Waals surface area (Å²) in [5.74, 6) is 1.72. The predicted octanol–water partition coefficient (Wildman–Crippen LogP) is 4.14. The highest BCUT2D eigenvalue weighted by Crippen LogP contribution is 2.36. The predicted molar refractivity (Wildman–Crippen MR) is 135 cm³/mol. The molecule has 0 bridgehead atoms. The largest absolute Gasteiger partial charge is 0.369 e. The summed E-state index contributed by atoms with van der Waals surface area (Å²) in [5, 5.41) is 2.86. The summed E-state index contributed by atoms with van der Waals surface area (Å²) in [6, 6.07) is 7.44. The van der Waals surface area contributed by atoms with Crippen LogP contribution in [-0.4, -0.2) is 64.4 Å². The molecule has 2 atom stereocenters. The van der Waals surface area contributed by atoms with Crippen LogP contribution in [-0.2, 0) is 0 Å². The number of carbonyl (C=O) groups excluding carboxylic acids is 1. The third-order valence-electron chi connectivity index (χ3n) is 6.58. The number of rotatable bonds is 4. The van der Waals surface area contributed by atoms with Crippen LogP contribution in [0.25, 0.3) is 11.3 Å². The minimum atomic E-state index is -0.825. The molecule has 2 amide bonds. The van der Waals surface area contributed by atoms with Gasteiger partial charge in [0.1, 0.15) is 12.0 Å². The molecule has 0 unspecified atom stereocenters. The van der Waals surface area contributed by atoms with Crippen molar-refractivity contribution in [3.63, 3.8) is 0 Å². The Kier molecular flexibility index (Phi) is 6.43. The number of anilines is 4. The van der Waals surface area contributed by atoms with Crippen molar-refractivity contribution in [1.82, 2.24) is 19.9 Å². The number of carbonyl (C=O) groups is 1. The molecule has 182 valence electrons. The molecule has 10 heteroatoms. The van der Waals surface area contributed by atoms with Crippen molar-refractivity contribution in [1.29, 1.82) is 0 Å². The summed E-state index contributed by atoms with van der Waals surface area (Å²) in [6.07, 6.45) is 6.83. The Morgan fingerprint density at radius 1 is 1.14 bits per heavy atom. The molecule has 0 aliphatic carbocycles. The van der Waals surface area contributed by atoms with Gasteiger partial charge in [-0.15, -0.1) is 0 Å². The number of nitrogens with one attached hydrogen (secondary N) is 1. The fourth-order valence-corrected chi connectivity index (χ4v) is 4.66. The van der Waals surface area contributed by atoms with E-state index >= 15 is 0 Å². The van der Waals surface area contributed by atoms with E-state index < -0.39 is 6.17 Å². The molecule has 0 spiro atoms. The zero-order chi connectivity index (χ0) is 24.4. The molecule has 0 saturated carbocycles. The Labute approximate surface area is 204 Å². The van der Waals surface area contributed by atoms with Gasteiger partial charge in [-0.1, -0.05) is 0 Å². The van der Waals surface area contributed by atoms with Crippen molar-refractivity contribution in [2.24, 2.45) is 0 Å². The monoisotopic (exact) mass is 476 g/mol. The number of pyridine rings is 2. The number of fused-ring (bicyclic) bond motifs is 1. The molecule has 0 radical (unpaired) electrons. The Balaban J connectivity index is 1.53. The maximum Gasteiger partial charge on any atom is 0.329 e. The maximum absolute atomic E-state index is 13.8. The smallest absolute Gasteiger partial charge is 0.329 e. The van der Waals surface area contributed by atoms with Crippen LogP contribution in [0.4, 0.5) is 32.3 Å². The Hall–Kier alpha value is -3.82. The fourth-order valence-electron chi connectivity index (χ4n) is 4.66. The van der Waals surface area contributed by atoms with E-state index in [9.17, 15) is 9.18 Å². The van der Waals surface area contributed by atoms with Gasteiger partial charge < -0.3 is 9.80 Å². The Bertz CT molecular complexity index is 1190. The van der Waals surface area contributed by atoms with Crippen molar-refractivity contribution < 1.29 is 9.18 Å². The van der Waals surface area contributed by atoms with Crippen LogP contribution >= 0.6 is 0 Å². The van der Waals surface area contributed by atoms with Gasteiger partial charge in [-0.3, -0.25) is 15.2 Å². The molecule has 3 aromatic rings. The molecular formula is C25H29FN8O. The lowest BCUT2D eigenvalue weighted by Crippen LogP contribution is -2.42. The second-order valence-electron chi connectivity index (χ2n) is 8.88. The van der Waals surface area contributed by atoms with Crippen LogP contribution in [0.2, 0.25) is 0 Å². The molecule has 1 saturated heterocycles. The lowest BCUT2D eigenvalue weighted by molar-refractivity contribution is 0.255. The first-order valence-corrected chi connectivity index (χ1v) is 12.0. The minimum absolute atomic E-state index is 0.0798. The number of halogens is 1. The Morgan fingerprint density at radius 2 is 2.03 bits per heavy atom. The van der Waals surface area contributed by atoms with Gasteiger partial charge >= 0.3 is 6.03 Å². The summed E-state index contributed by atoms with van der Waals surface area (Å²) in [4.78, 5) is 37.0. The van der Waals surface area contributed by atoms with E-state index in [-0.39, 0.29) is 12.1 Å². The fraction of sp³-hybridized carbons (Fsp3) is 0.400. The van der Waals surface area contributed by atoms with Crippen LogP contribution in [0.5, 0.6) is 0 Å². The zero-order valence-corrected chi connectivity index (χ0v) is 19.9. The number of nitrogens with zero attached hydrogens (tertiary/aromatic N) is 7. The van der Waals surface area contributed by atoms with Crippen molar-refractivity contribution >= 4 is 29.2 Å². The molecule has 35 heavy (non-hydrogen) atoms. The normalized spacial score (nSPS) is 19.9. The summed E-state index contributed by atoms with van der Waals surface area (Å²) in [5.41, 5.74) is 2.50. The Morgan fingerprint density at radius 3 is 2.77 bits per heavy atom. The molecular weight excluding hydrogens is 447 g/mol. The van der Waals surface area contributed by atoms with Gasteiger partial charge in [0.05, 0.1) is 24.1 Å². The lowest BCUT2D eigenvalue weighted by atomic mass is 10.1. The van der Waals surface area contributed by atoms with Crippen LogP contribution in [0.3, 0.4) is 0 Å². The second-order valence-corrected chi connectivity index (χ2v) is 8.88. The topological polar surface area (TPSA) is 90.4 Å². The molecule has 2 aliphatic heterocycles. The molecule has 9 nitrogen and oxygen atoms in total. The van der Waals surface area contributed by atoms with Gasteiger partial charge in [-0.05, 0) is 51.0 Å². The third-order valence-corrected chi connectivity index (χ3v) is 6.58. The van der Waals surface area contributed by atoms with Crippen LogP contribution in [0.1, 0.15) is 26.7 Å². The number of urea groups is 1. The van der Waals surface area contributed by atoms with E-state index in [1.807, 2.05) is 36.1 Å². The van der Waals surface area contributed by atoms with E-state index in [4.69, 9.17) is 4.98 Å². The van der Waals surface area contributed by atoms with Crippen molar-refractivity contribution in [2.45, 2.75) is 38.9 Å². The summed E-state index contributed by atoms with van der Waals surface area (Å²) >= 11 is 0. The van der Waals surface area contributed by atoms with E-state index in [0.717, 1.165) is 42.3 Å². The number of hydrogen-bond acceptors (Lipinski definition) is 7. The molecule has 5 rings (SSSR count). The van der Waals surface area contributed by atoms with Gasteiger partial charge in [0, 0.05) is 49.8 Å². The average molecular weight is 477 g/mol. The van der Waals surface area contributed by atoms with Crippen molar-refractivity contribution in [3.8, 4) is 11.3 Å². The summed E-state index contributed by atoms with van der Waals surface area (Å²) in [7, 11) is 0. The highest BCUT2D eigenvalue weighted by molar-refractivity contribution is 6.03. The van der Waals surface area contributed by atoms with Crippen LogP contribution in [0, 0.1) is 0 Å². The van der Waals surface area contributed by atoms with Crippen molar-refractivity contribution in [2.75, 3.05) is 46.2 Å². The average Bonchev–Trinajstić information content (AvgIpc) is 3.26. The van der Waals surface area contributed by atoms with Gasteiger partial charge in [-0.25, -0.2) is 24.1 Å². The standard InChI is InChI=1S/C25H29FN8O/c1-3-32-12-7-17(2)34(25(35)31-22-15-27-10-11-28-22)24-21(32)5-4-20(30-24)18-6-9-29-23(14-18)33-13-8-19(26)16-33/h4-6,9-11,14-15,17,19H,3,7-8,12-13,16H2,1-2H3,(H,28,31,35)/t17-,19+/m1/s1. The van der Waals surface area contributed by atoms with Gasteiger partial charge in [-0.2, -0.15) is 0 Å². The minimum Gasteiger partial charge on any atom is -0.369 e. The van der Waals surface area contributed by atoms with Gasteiger partial charge in [0.2, 0.25) is 0 Å². The van der Waals surface area contributed by atoms with E-state index in [1.54, 1.807) is 17.3 Å². The molecule has 1 fully saturated rings. The van der Waals surface area contributed by atoms with Gasteiger partial charge in [0.15, 0.2) is 11.6 Å². The number of aromatic nitrogens is 4. The molecule has 2 aliphatic rings. The quantitative estimate of drug-likeness (QED) is 0.605. The lowest BCUT2D eigenvalue weighted by Gasteiger charge is -2.28. The van der Waals surface area contributed by atoms with Crippen LogP contribution < -0.4 is 20.0 Å². The first-order valence-electron chi connectivity index (χ1n) is 12.0. The highest BCUT2D eigenvalue weighted by Gasteiger charge is 2.31. The first kappa shape index (κ1) is 22.9. The first-order chi connectivity index (χ1) is 17.0. The highest BCUT2D eigenvalue weighted by atomic mass is 19.1. The van der Waals surface area contributed by atoms with E-state index in [2.05, 4.69) is 32.1 Å². The molecule has 1 N–H and O–H groups in total. The summed E-state index contributed by atoms with van der Waals surface area (Å²) < 4.78 is 13.8. The van der Waals surface area contributed by atoms with Crippen LogP contribution in [0.15, 0.2) is 49.1 Å². The van der Waals surface area contributed by atoms with E-state index in [0.29, 0.717) is 31.1 Å². The maximum atomic E-state index is 13.8. The summed E-state index contributed by atoms with van der Waals surface area (Å²) in [6.45, 7) is 6.75. The zero-order valence-electron chi connectivity index (χ0n) is 19.9. The van der Waals surface area contributed by atoms with Crippen molar-refractivity contribution in [3.05, 3.63) is 49.1 Å². The SMILES string of the molecule is CCN1CC[C@@H](C)N(C(=O)Nc2cnccn2)c2nc(-c3ccnc(N4CC[C@H](F)C4)c3)ccc21.